The molecule has 0 radical (unpaired) electrons. The highest BCUT2D eigenvalue weighted by Gasteiger charge is 2.30. The number of benzene rings is 1. The van der Waals surface area contributed by atoms with Crippen LogP contribution in [0.3, 0.4) is 0 Å². The average molecular weight is 395 g/mol. The van der Waals surface area contributed by atoms with Crippen LogP contribution in [0.2, 0.25) is 0 Å². The van der Waals surface area contributed by atoms with Crippen molar-refractivity contribution < 1.29 is 18.0 Å². The molecule has 1 aliphatic rings. The van der Waals surface area contributed by atoms with Crippen LogP contribution in [-0.4, -0.2) is 5.78 Å². The van der Waals surface area contributed by atoms with Crippen LogP contribution in [0, 0.1) is 3.57 Å². The zero-order chi connectivity index (χ0) is 14.9. The van der Waals surface area contributed by atoms with Gasteiger partial charge in [0.25, 0.3) is 0 Å². The number of alkyl halides is 3. The van der Waals surface area contributed by atoms with E-state index in [0.29, 0.717) is 21.3 Å². The highest BCUT2D eigenvalue weighted by atomic mass is 127. The molecule has 0 fully saturated rings. The summed E-state index contributed by atoms with van der Waals surface area (Å²) in [6, 6.07) is 3.55. The number of carbonyl (C=O) groups is 1. The van der Waals surface area contributed by atoms with Gasteiger partial charge in [0.1, 0.15) is 0 Å². The third-order valence-electron chi connectivity index (χ3n) is 3.28. The number of rotatable bonds is 2. The van der Waals surface area contributed by atoms with E-state index in [0.717, 1.165) is 30.7 Å². The number of allylic oxidation sites excluding steroid dienone is 2. The van der Waals surface area contributed by atoms with Crippen molar-refractivity contribution in [3.8, 4) is 0 Å². The van der Waals surface area contributed by atoms with Crippen LogP contribution >= 0.6 is 22.6 Å². The lowest BCUT2D eigenvalue weighted by molar-refractivity contribution is -0.137. The van der Waals surface area contributed by atoms with Crippen LogP contribution in [-0.2, 0) is 11.0 Å². The second kappa shape index (κ2) is 5.75. The van der Waals surface area contributed by atoms with Gasteiger partial charge in [-0.3, -0.25) is 4.79 Å². The maximum Gasteiger partial charge on any atom is 0.416 e. The second-order valence-electron chi connectivity index (χ2n) is 4.70. The largest absolute Gasteiger partial charge is 0.416 e. The van der Waals surface area contributed by atoms with Gasteiger partial charge in [0.05, 0.1) is 11.3 Å². The molecule has 0 aliphatic heterocycles. The van der Waals surface area contributed by atoms with Gasteiger partial charge in [0.15, 0.2) is 5.78 Å². The molecule has 0 saturated heterocycles. The van der Waals surface area contributed by atoms with Gasteiger partial charge < -0.3 is 5.32 Å². The maximum atomic E-state index is 12.6. The summed E-state index contributed by atoms with van der Waals surface area (Å²) in [6.45, 7) is 1.75. The first-order valence-electron chi connectivity index (χ1n) is 6.16. The fourth-order valence-electron chi connectivity index (χ4n) is 2.08. The Labute approximate surface area is 128 Å². The lowest BCUT2D eigenvalue weighted by atomic mass is 9.96. The average Bonchev–Trinajstić information content (AvgIpc) is 2.36. The van der Waals surface area contributed by atoms with Crippen molar-refractivity contribution in [3.05, 3.63) is 38.6 Å². The molecular formula is C14H13F3INO. The number of hydrogen-bond acceptors (Lipinski definition) is 2. The van der Waals surface area contributed by atoms with Gasteiger partial charge in [-0.05, 0) is 60.6 Å². The van der Waals surface area contributed by atoms with Crippen molar-refractivity contribution in [2.45, 2.75) is 32.4 Å². The number of halogens is 4. The highest BCUT2D eigenvalue weighted by Crippen LogP contribution is 2.33. The Balaban J connectivity index is 2.27. The molecule has 1 aromatic rings. The number of Topliss-reactive ketones (excluding diaryl/α,β-unsaturated/α-hetero) is 1. The minimum absolute atomic E-state index is 0.0978. The molecule has 0 unspecified atom stereocenters. The quantitative estimate of drug-likeness (QED) is 0.733. The summed E-state index contributed by atoms with van der Waals surface area (Å²) in [5.74, 6) is 0.0978. The minimum Gasteiger partial charge on any atom is -0.358 e. The van der Waals surface area contributed by atoms with E-state index in [-0.39, 0.29) is 5.78 Å². The molecule has 0 amide bonds. The number of nitrogens with one attached hydrogen (secondary N) is 1. The second-order valence-corrected chi connectivity index (χ2v) is 5.86. The van der Waals surface area contributed by atoms with Gasteiger partial charge in [-0.15, -0.1) is 0 Å². The van der Waals surface area contributed by atoms with Crippen molar-refractivity contribution in [3.63, 3.8) is 0 Å². The van der Waals surface area contributed by atoms with Gasteiger partial charge >= 0.3 is 6.18 Å². The van der Waals surface area contributed by atoms with Crippen LogP contribution in [0.1, 0.15) is 31.7 Å². The van der Waals surface area contributed by atoms with Crippen LogP contribution in [0.4, 0.5) is 18.9 Å². The van der Waals surface area contributed by atoms with Crippen molar-refractivity contribution >= 4 is 34.1 Å². The maximum absolute atomic E-state index is 12.6. The van der Waals surface area contributed by atoms with E-state index in [1.807, 2.05) is 22.6 Å². The third kappa shape index (κ3) is 3.34. The van der Waals surface area contributed by atoms with E-state index in [1.54, 1.807) is 6.92 Å². The van der Waals surface area contributed by atoms with E-state index in [2.05, 4.69) is 5.32 Å². The molecule has 1 N–H and O–H groups in total. The Bertz CT molecular complexity index is 578. The summed E-state index contributed by atoms with van der Waals surface area (Å²) in [6.07, 6.45) is -2.28. The highest BCUT2D eigenvalue weighted by molar-refractivity contribution is 14.1. The number of carbonyl (C=O) groups excluding carboxylic acids is 1. The van der Waals surface area contributed by atoms with Gasteiger partial charge in [0.2, 0.25) is 0 Å². The van der Waals surface area contributed by atoms with Crippen molar-refractivity contribution in [1.82, 2.24) is 0 Å². The van der Waals surface area contributed by atoms with Gasteiger partial charge in [-0.1, -0.05) is 0 Å². The van der Waals surface area contributed by atoms with Gasteiger partial charge in [-0.25, -0.2) is 0 Å². The zero-order valence-electron chi connectivity index (χ0n) is 10.8. The fourth-order valence-corrected chi connectivity index (χ4v) is 2.73. The Morgan fingerprint density at radius 3 is 2.55 bits per heavy atom. The van der Waals surface area contributed by atoms with Crippen molar-refractivity contribution in [2.24, 2.45) is 0 Å². The van der Waals surface area contributed by atoms with E-state index < -0.39 is 11.7 Å². The predicted octanol–water partition coefficient (Wildman–Crippen LogP) is 4.75. The Hall–Kier alpha value is -1.05. The first kappa shape index (κ1) is 15.3. The van der Waals surface area contributed by atoms with Crippen LogP contribution in [0.5, 0.6) is 0 Å². The fraction of sp³-hybridized carbons (Fsp3) is 0.357. The summed E-state index contributed by atoms with van der Waals surface area (Å²) in [5, 5.41) is 3.09. The predicted molar refractivity (Wildman–Crippen MR) is 79.3 cm³/mol. The van der Waals surface area contributed by atoms with E-state index in [4.69, 9.17) is 0 Å². The topological polar surface area (TPSA) is 29.1 Å². The SMILES string of the molecule is CC1=C(Nc2ccc(C(F)(F)F)cc2I)CCCC1=O. The molecule has 2 rings (SSSR count). The molecule has 0 atom stereocenters. The van der Waals surface area contributed by atoms with Crippen LogP contribution < -0.4 is 5.32 Å². The summed E-state index contributed by atoms with van der Waals surface area (Å²) < 4.78 is 38.3. The van der Waals surface area contributed by atoms with E-state index >= 15 is 0 Å². The minimum atomic E-state index is -4.34. The van der Waals surface area contributed by atoms with Gasteiger partial charge in [0, 0.05) is 21.3 Å². The number of anilines is 1. The normalized spacial score (nSPS) is 16.6. The molecular weight excluding hydrogens is 382 g/mol. The molecule has 0 spiro atoms. The molecule has 20 heavy (non-hydrogen) atoms. The lowest BCUT2D eigenvalue weighted by Gasteiger charge is -2.20. The zero-order valence-corrected chi connectivity index (χ0v) is 12.9. The van der Waals surface area contributed by atoms with E-state index in [1.165, 1.54) is 6.07 Å². The third-order valence-corrected chi connectivity index (χ3v) is 4.18. The Morgan fingerprint density at radius 2 is 1.95 bits per heavy atom. The standard InChI is InChI=1S/C14H13F3INO/c1-8-11(3-2-4-13(8)20)19-12-6-5-9(7-10(12)18)14(15,16)17/h5-7,19H,2-4H2,1H3. The lowest BCUT2D eigenvalue weighted by Crippen LogP contribution is -2.15. The first-order valence-corrected chi connectivity index (χ1v) is 7.23. The number of ketones is 1. The summed E-state index contributed by atoms with van der Waals surface area (Å²) in [5.41, 5.74) is 1.41. The molecule has 2 nitrogen and oxygen atoms in total. The molecule has 1 aromatic carbocycles. The van der Waals surface area contributed by atoms with Crippen LogP contribution in [0.15, 0.2) is 29.5 Å². The first-order chi connectivity index (χ1) is 9.29. The van der Waals surface area contributed by atoms with E-state index in [9.17, 15) is 18.0 Å². The van der Waals surface area contributed by atoms with Crippen LogP contribution in [0.25, 0.3) is 0 Å². The Morgan fingerprint density at radius 1 is 1.25 bits per heavy atom. The summed E-state index contributed by atoms with van der Waals surface area (Å²) in [7, 11) is 0. The van der Waals surface area contributed by atoms with Crippen molar-refractivity contribution in [1.29, 1.82) is 0 Å². The molecule has 0 bridgehead atoms. The molecule has 0 heterocycles. The smallest absolute Gasteiger partial charge is 0.358 e. The van der Waals surface area contributed by atoms with Crippen molar-refractivity contribution in [2.75, 3.05) is 5.32 Å². The van der Waals surface area contributed by atoms with Gasteiger partial charge in [-0.2, -0.15) is 13.2 Å². The molecule has 1 aliphatic carbocycles. The number of hydrogen-bond donors (Lipinski definition) is 1. The Kier molecular flexibility index (Phi) is 4.41. The summed E-state index contributed by atoms with van der Waals surface area (Å²) in [4.78, 5) is 11.6. The molecule has 108 valence electrons. The summed E-state index contributed by atoms with van der Waals surface area (Å²) >= 11 is 1.86. The molecule has 6 heteroatoms. The monoisotopic (exact) mass is 395 g/mol. The molecule has 0 aromatic heterocycles. The molecule has 0 saturated carbocycles.